The third kappa shape index (κ3) is 8.48. The molecule has 1 aromatic heterocycles. The van der Waals surface area contributed by atoms with Crippen molar-refractivity contribution in [3.63, 3.8) is 0 Å². The maximum Gasteiger partial charge on any atom is 0.276 e. The minimum atomic E-state index is -0.884. The lowest BCUT2D eigenvalue weighted by Gasteiger charge is -2.53. The maximum absolute atomic E-state index is 14.5. The summed E-state index contributed by atoms with van der Waals surface area (Å²) in [5.41, 5.74) is 5.76. The second-order valence-corrected chi connectivity index (χ2v) is 18.4. The van der Waals surface area contributed by atoms with E-state index < -0.39 is 29.0 Å². The third-order valence-electron chi connectivity index (χ3n) is 11.8. The molecule has 0 radical (unpaired) electrons. The molecule has 6 aromatic rings. The van der Waals surface area contributed by atoms with Crippen LogP contribution in [0.5, 0.6) is 0 Å². The molecule has 2 N–H and O–H groups in total. The summed E-state index contributed by atoms with van der Waals surface area (Å²) in [6.45, 7) is 2.73. The highest BCUT2D eigenvalue weighted by Gasteiger charge is 2.56. The van der Waals surface area contributed by atoms with Crippen molar-refractivity contribution in [2.24, 2.45) is 5.16 Å². The van der Waals surface area contributed by atoms with Crippen molar-refractivity contribution in [3.8, 4) is 0 Å². The first-order valence-corrected chi connectivity index (χ1v) is 23.6. The summed E-state index contributed by atoms with van der Waals surface area (Å²) in [4.78, 5) is 40.7. The average Bonchev–Trinajstić information content (AvgIpc) is 3.82. The van der Waals surface area contributed by atoms with Gasteiger partial charge in [-0.15, -0.1) is 23.1 Å². The third-order valence-corrected chi connectivity index (χ3v) is 14.3. The van der Waals surface area contributed by atoms with Gasteiger partial charge >= 0.3 is 0 Å². The van der Waals surface area contributed by atoms with Gasteiger partial charge in [0.15, 0.2) is 10.8 Å². The number of nitrogens with one attached hydrogen (secondary N) is 2. The molecule has 0 aliphatic carbocycles. The van der Waals surface area contributed by atoms with E-state index in [0.717, 1.165) is 52.7 Å². The standard InChI is InChI=1S/C51H47N5O5S3/c1-33-41(40-30-18-19-31-60-40)44(49(62)61-45(34-20-8-3-9-21-34)35-22-10-4-11-23-35)56-47(58)43(48(56)64-33)53-46(57)42(55-59-2)39-32-63-50(52-39)54-51(36-24-12-5-13-25-36,37-26-14-6-15-27-37)38-28-16-7-17-29-38/h3-17,20-29,32-33,40,43,45,48H,18-19,30-31H2,1-2H3,(H,52,54)(H,53,57)/b55-42-/t33?,40?,43?,48-/m1/s1. The second kappa shape index (κ2) is 19.3. The molecule has 0 spiro atoms. The molecule has 5 aromatic carbocycles. The van der Waals surface area contributed by atoms with Gasteiger partial charge in [-0.05, 0) is 71.8 Å². The van der Waals surface area contributed by atoms with Crippen molar-refractivity contribution in [2.75, 3.05) is 19.0 Å². The van der Waals surface area contributed by atoms with Gasteiger partial charge in [0, 0.05) is 17.2 Å². The number of hydrogen-bond donors (Lipinski definition) is 2. The summed E-state index contributed by atoms with van der Waals surface area (Å²) in [6.07, 6.45) is 2.04. The molecular formula is C51H47N5O5S3. The fourth-order valence-electron chi connectivity index (χ4n) is 8.84. The van der Waals surface area contributed by atoms with Crippen LogP contribution in [0.15, 0.2) is 173 Å². The topological polar surface area (TPSA) is 114 Å². The average molecular weight is 906 g/mol. The van der Waals surface area contributed by atoms with Gasteiger partial charge in [-0.3, -0.25) is 14.5 Å². The minimum Gasteiger partial charge on any atom is -0.469 e. The molecule has 10 nitrogen and oxygen atoms in total. The summed E-state index contributed by atoms with van der Waals surface area (Å²) in [7, 11) is 1.38. The molecule has 3 aliphatic heterocycles. The van der Waals surface area contributed by atoms with Gasteiger partial charge in [-0.2, -0.15) is 0 Å². The van der Waals surface area contributed by atoms with Gasteiger partial charge in [-0.25, -0.2) is 4.98 Å². The van der Waals surface area contributed by atoms with Crippen molar-refractivity contribution in [1.82, 2.24) is 15.2 Å². The van der Waals surface area contributed by atoms with Crippen molar-refractivity contribution in [1.29, 1.82) is 0 Å². The Bertz CT molecular complexity index is 2510. The zero-order chi connectivity index (χ0) is 44.0. The molecule has 3 unspecified atom stereocenters. The van der Waals surface area contributed by atoms with E-state index in [4.69, 9.17) is 31.5 Å². The van der Waals surface area contributed by atoms with Crippen molar-refractivity contribution < 1.29 is 23.9 Å². The number of thiazole rings is 1. The quantitative estimate of drug-likeness (QED) is 0.0363. The van der Waals surface area contributed by atoms with Crippen molar-refractivity contribution in [3.05, 3.63) is 202 Å². The first-order valence-electron chi connectivity index (χ1n) is 21.3. The Morgan fingerprint density at radius 1 is 0.844 bits per heavy atom. The van der Waals surface area contributed by atoms with Gasteiger partial charge in [0.05, 0.1) is 6.10 Å². The Hall–Kier alpha value is -6.12. The number of ether oxygens (including phenoxy) is 2. The monoisotopic (exact) mass is 905 g/mol. The molecule has 3 aliphatic rings. The Balaban J connectivity index is 0.997. The number of anilines is 1. The highest BCUT2D eigenvalue weighted by molar-refractivity contribution is 8.00. The van der Waals surface area contributed by atoms with E-state index in [9.17, 15) is 9.59 Å². The van der Waals surface area contributed by atoms with Crippen LogP contribution >= 0.6 is 35.3 Å². The normalized spacial score (nSPS) is 20.0. The SMILES string of the molecule is CO/N=C(\C(=O)NC1C(=O)N2C(C(=S)OC(c3ccccc3)c3ccccc3)=C(C3CCCCO3)C(C)S[C@H]12)c1csc(NC(c2ccccc2)(c2ccccc2)c2ccccc2)n1. The summed E-state index contributed by atoms with van der Waals surface area (Å²) in [5, 5.41) is 12.9. The van der Waals surface area contributed by atoms with Crippen molar-refractivity contribution >= 4 is 63.0 Å². The molecule has 0 bridgehead atoms. The first kappa shape index (κ1) is 43.1. The Kier molecular flexibility index (Phi) is 13.0. The maximum atomic E-state index is 14.5. The van der Waals surface area contributed by atoms with Gasteiger partial charge in [0.2, 0.25) is 5.05 Å². The van der Waals surface area contributed by atoms with Crippen LogP contribution in [0.25, 0.3) is 0 Å². The number of benzene rings is 5. The number of carbonyl (C=O) groups excluding carboxylic acids is 2. The summed E-state index contributed by atoms with van der Waals surface area (Å²) >= 11 is 9.13. The Morgan fingerprint density at radius 3 is 1.91 bits per heavy atom. The van der Waals surface area contributed by atoms with Crippen LogP contribution in [0.2, 0.25) is 0 Å². The number of β-lactam (4-membered cyclic amide) rings is 1. The zero-order valence-electron chi connectivity index (χ0n) is 35.3. The van der Waals surface area contributed by atoms with Gasteiger partial charge in [0.25, 0.3) is 11.8 Å². The van der Waals surface area contributed by atoms with Gasteiger partial charge in [0.1, 0.15) is 41.6 Å². The van der Waals surface area contributed by atoms with E-state index in [2.05, 4.69) is 59.1 Å². The number of fused-ring (bicyclic) bond motifs is 1. The van der Waals surface area contributed by atoms with Crippen LogP contribution in [0.4, 0.5) is 5.13 Å². The van der Waals surface area contributed by atoms with E-state index in [1.54, 1.807) is 22.0 Å². The fraction of sp³-hybridized carbons (Fsp3) is 0.235. The molecule has 64 heavy (non-hydrogen) atoms. The zero-order valence-corrected chi connectivity index (χ0v) is 37.8. The largest absolute Gasteiger partial charge is 0.469 e. The number of aromatic nitrogens is 1. The predicted octanol–water partition coefficient (Wildman–Crippen LogP) is 9.64. The highest BCUT2D eigenvalue weighted by Crippen LogP contribution is 2.48. The summed E-state index contributed by atoms with van der Waals surface area (Å²) in [6, 6.07) is 49.6. The molecule has 13 heteroatoms. The number of rotatable bonds is 14. The van der Waals surface area contributed by atoms with Crippen LogP contribution < -0.4 is 10.6 Å². The predicted molar refractivity (Wildman–Crippen MR) is 257 cm³/mol. The van der Waals surface area contributed by atoms with E-state index in [1.165, 1.54) is 18.4 Å². The minimum absolute atomic E-state index is 0.0591. The van der Waals surface area contributed by atoms with Gasteiger partial charge < -0.3 is 24.9 Å². The summed E-state index contributed by atoms with van der Waals surface area (Å²) in [5.74, 6) is -0.900. The molecule has 0 saturated carbocycles. The molecular weight excluding hydrogens is 859 g/mol. The van der Waals surface area contributed by atoms with Crippen LogP contribution in [0.1, 0.15) is 65.8 Å². The number of thiocarbonyl (C=S) groups is 1. The first-order chi connectivity index (χ1) is 31.4. The fourth-order valence-corrected chi connectivity index (χ4v) is 11.4. The molecule has 4 heterocycles. The van der Waals surface area contributed by atoms with E-state index >= 15 is 0 Å². The molecule has 324 valence electrons. The smallest absolute Gasteiger partial charge is 0.276 e. The molecule has 9 rings (SSSR count). The lowest BCUT2D eigenvalue weighted by Crippen LogP contribution is -2.71. The number of hydrogen-bond acceptors (Lipinski definition) is 11. The summed E-state index contributed by atoms with van der Waals surface area (Å²) < 4.78 is 13.1. The molecule has 4 atom stereocenters. The van der Waals surface area contributed by atoms with Crippen LogP contribution in [-0.4, -0.2) is 68.9 Å². The Labute approximate surface area is 386 Å². The molecule has 2 amide bonds. The van der Waals surface area contributed by atoms with Gasteiger partial charge in [-0.1, -0.05) is 157 Å². The van der Waals surface area contributed by atoms with E-state index in [1.807, 2.05) is 115 Å². The highest BCUT2D eigenvalue weighted by atomic mass is 32.2. The number of nitrogens with zero attached hydrogens (tertiary/aromatic N) is 3. The van der Waals surface area contributed by atoms with Crippen LogP contribution in [-0.2, 0) is 29.4 Å². The van der Waals surface area contributed by atoms with Crippen LogP contribution in [0.3, 0.4) is 0 Å². The number of oxime groups is 1. The molecule has 2 fully saturated rings. The Morgan fingerprint density at radius 2 is 1.39 bits per heavy atom. The van der Waals surface area contributed by atoms with E-state index in [0.29, 0.717) is 23.1 Å². The number of carbonyl (C=O) groups is 2. The number of amides is 2. The molecule has 2 saturated heterocycles. The van der Waals surface area contributed by atoms with Crippen molar-refractivity contribution in [2.45, 2.75) is 60.6 Å². The lowest BCUT2D eigenvalue weighted by molar-refractivity contribution is -0.144. The van der Waals surface area contributed by atoms with Crippen LogP contribution in [0, 0.1) is 0 Å². The number of thioether (sulfide) groups is 1. The van der Waals surface area contributed by atoms with E-state index in [-0.39, 0.29) is 28.0 Å². The second-order valence-electron chi connectivity index (χ2n) is 15.7. The lowest BCUT2D eigenvalue weighted by atomic mass is 9.77.